The number of rotatable bonds is 0. The van der Waals surface area contributed by atoms with E-state index in [1.165, 1.54) is 0 Å². The fourth-order valence-corrected chi connectivity index (χ4v) is 2.66. The van der Waals surface area contributed by atoms with Crippen LogP contribution in [0.15, 0.2) is 22.8 Å². The highest BCUT2D eigenvalue weighted by atomic mass is 79.9. The first-order chi connectivity index (χ1) is 6.59. The zero-order valence-corrected chi connectivity index (χ0v) is 10.5. The minimum absolute atomic E-state index is 0.396. The van der Waals surface area contributed by atoms with Crippen molar-refractivity contribution in [2.45, 2.75) is 0 Å². The molecule has 0 bridgehead atoms. The Hall–Kier alpha value is -0.0200. The SMILES string of the molecule is Clc1cc(Cl)c2c(Br)cnc(Cl)c2c1. The van der Waals surface area contributed by atoms with Gasteiger partial charge in [0.25, 0.3) is 0 Å². The summed E-state index contributed by atoms with van der Waals surface area (Å²) in [6.45, 7) is 0. The van der Waals surface area contributed by atoms with Crippen LogP contribution in [0.1, 0.15) is 0 Å². The van der Waals surface area contributed by atoms with Gasteiger partial charge < -0.3 is 0 Å². The molecule has 0 aliphatic rings. The van der Waals surface area contributed by atoms with E-state index in [4.69, 9.17) is 34.8 Å². The molecule has 0 saturated carbocycles. The summed E-state index contributed by atoms with van der Waals surface area (Å²) in [5.74, 6) is 0. The van der Waals surface area contributed by atoms with Gasteiger partial charge in [-0.15, -0.1) is 0 Å². The Morgan fingerprint density at radius 1 is 1.14 bits per heavy atom. The number of halogens is 4. The maximum Gasteiger partial charge on any atom is 0.137 e. The van der Waals surface area contributed by atoms with Gasteiger partial charge in [-0.1, -0.05) is 34.8 Å². The molecule has 0 aliphatic heterocycles. The molecule has 0 N–H and O–H groups in total. The van der Waals surface area contributed by atoms with Crippen molar-refractivity contribution in [3.8, 4) is 0 Å². The third-order valence-corrected chi connectivity index (χ3v) is 3.23. The van der Waals surface area contributed by atoms with E-state index < -0.39 is 0 Å². The van der Waals surface area contributed by atoms with Crippen LogP contribution in [-0.4, -0.2) is 4.98 Å². The van der Waals surface area contributed by atoms with Gasteiger partial charge >= 0.3 is 0 Å². The average molecular weight is 311 g/mol. The second kappa shape index (κ2) is 3.86. The lowest BCUT2D eigenvalue weighted by atomic mass is 10.2. The molecule has 1 aromatic carbocycles. The molecule has 0 amide bonds. The summed E-state index contributed by atoms with van der Waals surface area (Å²) in [5, 5.41) is 3.08. The van der Waals surface area contributed by atoms with E-state index in [1.54, 1.807) is 18.3 Å². The molecular formula is C9H3BrCl3N. The molecule has 1 nitrogen and oxygen atoms in total. The molecule has 0 unspecified atom stereocenters. The maximum absolute atomic E-state index is 6.04. The van der Waals surface area contributed by atoms with Crippen molar-refractivity contribution in [2.75, 3.05) is 0 Å². The highest BCUT2D eigenvalue weighted by Gasteiger charge is 2.09. The van der Waals surface area contributed by atoms with Crippen LogP contribution in [0.5, 0.6) is 0 Å². The molecule has 5 heteroatoms. The molecule has 1 heterocycles. The maximum atomic E-state index is 6.04. The Kier molecular flexibility index (Phi) is 2.89. The van der Waals surface area contributed by atoms with Crippen LogP contribution >= 0.6 is 50.7 Å². The largest absolute Gasteiger partial charge is 0.243 e. The molecule has 14 heavy (non-hydrogen) atoms. The Morgan fingerprint density at radius 2 is 1.86 bits per heavy atom. The third-order valence-electron chi connectivity index (χ3n) is 1.81. The Bertz CT molecular complexity index is 513. The number of nitrogens with zero attached hydrogens (tertiary/aromatic N) is 1. The Labute approximate surface area is 104 Å². The van der Waals surface area contributed by atoms with Crippen LogP contribution in [0.25, 0.3) is 10.8 Å². The van der Waals surface area contributed by atoms with Crippen LogP contribution in [0.4, 0.5) is 0 Å². The third kappa shape index (κ3) is 1.72. The highest BCUT2D eigenvalue weighted by Crippen LogP contribution is 2.35. The zero-order chi connectivity index (χ0) is 10.3. The van der Waals surface area contributed by atoms with Gasteiger partial charge in [-0.05, 0) is 28.1 Å². The lowest BCUT2D eigenvalue weighted by Crippen LogP contribution is -1.82. The zero-order valence-electron chi connectivity index (χ0n) is 6.69. The van der Waals surface area contributed by atoms with Crippen molar-refractivity contribution in [3.05, 3.63) is 38.0 Å². The first-order valence-electron chi connectivity index (χ1n) is 3.68. The molecule has 0 saturated heterocycles. The van der Waals surface area contributed by atoms with Gasteiger partial charge in [0.15, 0.2) is 0 Å². The van der Waals surface area contributed by atoms with Crippen molar-refractivity contribution in [1.82, 2.24) is 4.98 Å². The number of fused-ring (bicyclic) bond motifs is 1. The van der Waals surface area contributed by atoms with E-state index in [9.17, 15) is 0 Å². The molecule has 2 rings (SSSR count). The van der Waals surface area contributed by atoms with Crippen molar-refractivity contribution >= 4 is 61.5 Å². The van der Waals surface area contributed by atoms with Gasteiger partial charge in [0.05, 0.1) is 5.02 Å². The first-order valence-corrected chi connectivity index (χ1v) is 5.61. The molecule has 0 atom stereocenters. The number of benzene rings is 1. The second-order valence-corrected chi connectivity index (χ2v) is 4.76. The van der Waals surface area contributed by atoms with Crippen molar-refractivity contribution in [3.63, 3.8) is 0 Å². The smallest absolute Gasteiger partial charge is 0.137 e. The van der Waals surface area contributed by atoms with E-state index in [0.717, 1.165) is 15.2 Å². The molecule has 0 fully saturated rings. The number of pyridine rings is 1. The van der Waals surface area contributed by atoms with Crippen LogP contribution in [0.2, 0.25) is 15.2 Å². The highest BCUT2D eigenvalue weighted by molar-refractivity contribution is 9.10. The van der Waals surface area contributed by atoms with Crippen LogP contribution in [-0.2, 0) is 0 Å². The van der Waals surface area contributed by atoms with E-state index in [1.807, 2.05) is 0 Å². The molecule has 72 valence electrons. The Balaban J connectivity index is 3.00. The average Bonchev–Trinajstić information content (AvgIpc) is 2.10. The van der Waals surface area contributed by atoms with E-state index >= 15 is 0 Å². The summed E-state index contributed by atoms with van der Waals surface area (Å²) in [5.41, 5.74) is 0. The molecule has 1 aromatic heterocycles. The van der Waals surface area contributed by atoms with Gasteiger partial charge in [-0.3, -0.25) is 0 Å². The molecule has 2 aromatic rings. The fourth-order valence-electron chi connectivity index (χ4n) is 1.23. The van der Waals surface area contributed by atoms with Crippen molar-refractivity contribution < 1.29 is 0 Å². The predicted molar refractivity (Wildman–Crippen MR) is 64.5 cm³/mol. The molecule has 0 spiro atoms. The van der Waals surface area contributed by atoms with E-state index in [2.05, 4.69) is 20.9 Å². The van der Waals surface area contributed by atoms with Crippen molar-refractivity contribution in [1.29, 1.82) is 0 Å². The topological polar surface area (TPSA) is 12.9 Å². The summed E-state index contributed by atoms with van der Waals surface area (Å²) in [6.07, 6.45) is 1.62. The van der Waals surface area contributed by atoms with Gasteiger partial charge in [0.1, 0.15) is 5.15 Å². The summed E-state index contributed by atoms with van der Waals surface area (Å²) in [4.78, 5) is 3.99. The number of hydrogen-bond donors (Lipinski definition) is 0. The number of hydrogen-bond acceptors (Lipinski definition) is 1. The van der Waals surface area contributed by atoms with E-state index in [0.29, 0.717) is 15.2 Å². The van der Waals surface area contributed by atoms with Crippen LogP contribution < -0.4 is 0 Å². The monoisotopic (exact) mass is 309 g/mol. The quantitative estimate of drug-likeness (QED) is 0.627. The van der Waals surface area contributed by atoms with Crippen LogP contribution in [0.3, 0.4) is 0 Å². The summed E-state index contributed by atoms with van der Waals surface area (Å²) >= 11 is 21.2. The summed E-state index contributed by atoms with van der Waals surface area (Å²) in [7, 11) is 0. The lowest BCUT2D eigenvalue weighted by Gasteiger charge is -2.04. The molecular weight excluding hydrogens is 308 g/mol. The van der Waals surface area contributed by atoms with Gasteiger partial charge in [0, 0.05) is 26.5 Å². The molecule has 0 aliphatic carbocycles. The normalized spacial score (nSPS) is 10.9. The van der Waals surface area contributed by atoms with Crippen molar-refractivity contribution in [2.24, 2.45) is 0 Å². The van der Waals surface area contributed by atoms with E-state index in [-0.39, 0.29) is 0 Å². The minimum Gasteiger partial charge on any atom is -0.243 e. The molecule has 0 radical (unpaired) electrons. The minimum atomic E-state index is 0.396. The Morgan fingerprint density at radius 3 is 2.57 bits per heavy atom. The number of aromatic nitrogens is 1. The lowest BCUT2D eigenvalue weighted by molar-refractivity contribution is 1.35. The van der Waals surface area contributed by atoms with Gasteiger partial charge in [-0.25, -0.2) is 4.98 Å². The standard InChI is InChI=1S/C9H3BrCl3N/c10-6-3-14-9(13)5-1-4(11)2-7(12)8(5)6/h1-3H. The summed E-state index contributed by atoms with van der Waals surface area (Å²) < 4.78 is 0.804. The first kappa shape index (κ1) is 10.5. The van der Waals surface area contributed by atoms with Gasteiger partial charge in [0.2, 0.25) is 0 Å². The summed E-state index contributed by atoms with van der Waals surface area (Å²) in [6, 6.07) is 3.41. The fraction of sp³-hybridized carbons (Fsp3) is 0. The van der Waals surface area contributed by atoms with Gasteiger partial charge in [-0.2, -0.15) is 0 Å². The van der Waals surface area contributed by atoms with Crippen LogP contribution in [0, 0.1) is 0 Å². The second-order valence-electron chi connectivity index (χ2n) is 2.71. The predicted octanol–water partition coefficient (Wildman–Crippen LogP) is 4.96.